The topological polar surface area (TPSA) is 16.1 Å². The standard InChI is InChI=1S/C43H32N2/c1-2-10-30(11-3-1)45-40-24-21-27-9-4-5-12-32(27)43(40)38-26-44-39(25-41(38)45)29-19-17-28(18-20-29)31-22-23-37-34-14-7-6-13-33(34)36-16-8-15-35(31)42(36)37/h1-2,4-10,12-22,24-26,37,40,43H,3,11,23H2. The fraction of sp³-hybridized carbons (Fsp3) is 0.140. The lowest BCUT2D eigenvalue weighted by Crippen LogP contribution is -2.34. The molecule has 1 aromatic heterocycles. The van der Waals surface area contributed by atoms with Crippen molar-refractivity contribution in [2.24, 2.45) is 0 Å². The fourth-order valence-corrected chi connectivity index (χ4v) is 8.69. The Labute approximate surface area is 264 Å². The zero-order valence-electron chi connectivity index (χ0n) is 25.0. The number of hydrogen-bond donors (Lipinski definition) is 0. The lowest BCUT2D eigenvalue weighted by Gasteiger charge is -2.33. The number of rotatable bonds is 3. The number of hydrogen-bond acceptors (Lipinski definition) is 2. The van der Waals surface area contributed by atoms with E-state index in [0.29, 0.717) is 5.92 Å². The summed E-state index contributed by atoms with van der Waals surface area (Å²) in [7, 11) is 0. The first kappa shape index (κ1) is 25.2. The van der Waals surface area contributed by atoms with Gasteiger partial charge in [0.05, 0.1) is 11.7 Å². The van der Waals surface area contributed by atoms with Gasteiger partial charge in [-0.3, -0.25) is 4.98 Å². The highest BCUT2D eigenvalue weighted by Crippen LogP contribution is 2.53. The average Bonchev–Trinajstić information content (AvgIpc) is 3.63. The largest absolute Gasteiger partial charge is 0.337 e. The molecule has 5 aliphatic rings. The van der Waals surface area contributed by atoms with Crippen molar-refractivity contribution in [1.29, 1.82) is 0 Å². The van der Waals surface area contributed by atoms with Crippen LogP contribution in [-0.2, 0) is 0 Å². The van der Waals surface area contributed by atoms with Crippen LogP contribution in [0.1, 0.15) is 70.0 Å². The zero-order chi connectivity index (χ0) is 29.5. The Bertz CT molecular complexity index is 2160. The first-order chi connectivity index (χ1) is 22.3. The number of fused-ring (bicyclic) bond motifs is 8. The molecule has 0 spiro atoms. The molecule has 0 N–H and O–H groups in total. The van der Waals surface area contributed by atoms with Crippen LogP contribution >= 0.6 is 0 Å². The van der Waals surface area contributed by atoms with Crippen LogP contribution in [-0.4, -0.2) is 11.0 Å². The summed E-state index contributed by atoms with van der Waals surface area (Å²) < 4.78 is 0. The summed E-state index contributed by atoms with van der Waals surface area (Å²) in [5, 5.41) is 0. The van der Waals surface area contributed by atoms with Crippen molar-refractivity contribution in [3.63, 3.8) is 0 Å². The molecule has 0 saturated carbocycles. The molecule has 3 unspecified atom stereocenters. The molecule has 2 heteroatoms. The third kappa shape index (κ3) is 3.66. The molecule has 4 aliphatic carbocycles. The quantitative estimate of drug-likeness (QED) is 0.212. The molecule has 0 saturated heterocycles. The Hall–Kier alpha value is -5.21. The van der Waals surface area contributed by atoms with Gasteiger partial charge in [0.15, 0.2) is 0 Å². The van der Waals surface area contributed by atoms with Gasteiger partial charge in [-0.25, -0.2) is 0 Å². The zero-order valence-corrected chi connectivity index (χ0v) is 25.0. The van der Waals surface area contributed by atoms with Gasteiger partial charge in [-0.05, 0) is 81.5 Å². The van der Waals surface area contributed by atoms with Gasteiger partial charge in [0.25, 0.3) is 0 Å². The normalized spacial score (nSPS) is 21.3. The molecule has 2 heterocycles. The molecule has 0 amide bonds. The van der Waals surface area contributed by atoms with E-state index in [1.807, 2.05) is 0 Å². The van der Waals surface area contributed by atoms with Crippen molar-refractivity contribution < 1.29 is 0 Å². The molecular weight excluding hydrogens is 544 g/mol. The maximum atomic E-state index is 5.10. The van der Waals surface area contributed by atoms with Crippen molar-refractivity contribution in [2.75, 3.05) is 4.90 Å². The number of benzene rings is 4. The minimum absolute atomic E-state index is 0.271. The SMILES string of the molecule is C1=CCCC(N2c3cc(-c4ccc(C5=CCC6c7ccccc7-c7cccc5c76)cc4)ncc3C3c4ccccc4C=CC32)=C1. The van der Waals surface area contributed by atoms with Crippen molar-refractivity contribution in [2.45, 2.75) is 37.1 Å². The van der Waals surface area contributed by atoms with E-state index in [1.54, 1.807) is 0 Å². The van der Waals surface area contributed by atoms with Gasteiger partial charge >= 0.3 is 0 Å². The van der Waals surface area contributed by atoms with E-state index in [9.17, 15) is 0 Å². The van der Waals surface area contributed by atoms with Crippen LogP contribution in [0.15, 0.2) is 139 Å². The summed E-state index contributed by atoms with van der Waals surface area (Å²) in [5.41, 5.74) is 18.7. The third-order valence-electron chi connectivity index (χ3n) is 10.7. The number of aromatic nitrogens is 1. The number of allylic oxidation sites excluding steroid dienone is 5. The minimum atomic E-state index is 0.271. The van der Waals surface area contributed by atoms with Crippen molar-refractivity contribution in [3.8, 4) is 22.4 Å². The second-order valence-electron chi connectivity index (χ2n) is 12.9. The predicted octanol–water partition coefficient (Wildman–Crippen LogP) is 10.3. The molecule has 45 heavy (non-hydrogen) atoms. The van der Waals surface area contributed by atoms with Gasteiger partial charge in [-0.15, -0.1) is 0 Å². The van der Waals surface area contributed by atoms with Crippen molar-refractivity contribution in [3.05, 3.63) is 178 Å². The van der Waals surface area contributed by atoms with E-state index in [-0.39, 0.29) is 12.0 Å². The average molecular weight is 577 g/mol. The summed E-state index contributed by atoms with van der Waals surface area (Å²) in [4.78, 5) is 7.69. The summed E-state index contributed by atoms with van der Waals surface area (Å²) in [6.45, 7) is 0. The lowest BCUT2D eigenvalue weighted by molar-refractivity contribution is 0.686. The van der Waals surface area contributed by atoms with Gasteiger partial charge < -0.3 is 4.90 Å². The number of anilines is 1. The highest BCUT2D eigenvalue weighted by atomic mass is 15.2. The van der Waals surface area contributed by atoms with E-state index in [0.717, 1.165) is 30.5 Å². The fourth-order valence-electron chi connectivity index (χ4n) is 8.69. The molecule has 0 radical (unpaired) electrons. The molecule has 2 nitrogen and oxygen atoms in total. The highest BCUT2D eigenvalue weighted by molar-refractivity contribution is 5.92. The molecule has 3 atom stereocenters. The Morgan fingerprint density at radius 3 is 2.42 bits per heavy atom. The second kappa shape index (κ2) is 9.64. The van der Waals surface area contributed by atoms with E-state index < -0.39 is 0 Å². The van der Waals surface area contributed by atoms with E-state index in [1.165, 1.54) is 67.0 Å². The number of pyridine rings is 1. The summed E-state index contributed by atoms with van der Waals surface area (Å²) >= 11 is 0. The van der Waals surface area contributed by atoms with Crippen LogP contribution in [0.25, 0.3) is 34.0 Å². The minimum Gasteiger partial charge on any atom is -0.337 e. The molecule has 5 aromatic rings. The van der Waals surface area contributed by atoms with Crippen LogP contribution in [0.4, 0.5) is 5.69 Å². The van der Waals surface area contributed by atoms with Crippen LogP contribution in [0.5, 0.6) is 0 Å². The van der Waals surface area contributed by atoms with Crippen LogP contribution < -0.4 is 4.90 Å². The summed E-state index contributed by atoms with van der Waals surface area (Å²) in [5.74, 6) is 0.756. The van der Waals surface area contributed by atoms with E-state index in [4.69, 9.17) is 4.98 Å². The molecular formula is C43H32N2. The first-order valence-corrected chi connectivity index (χ1v) is 16.3. The Morgan fingerprint density at radius 1 is 0.733 bits per heavy atom. The summed E-state index contributed by atoms with van der Waals surface area (Å²) in [6.07, 6.45) is 19.3. The number of nitrogens with zero attached hydrogens (tertiary/aromatic N) is 2. The maximum absolute atomic E-state index is 5.10. The van der Waals surface area contributed by atoms with Crippen LogP contribution in [0, 0.1) is 0 Å². The molecule has 0 fully saturated rings. The maximum Gasteiger partial charge on any atom is 0.0722 e. The van der Waals surface area contributed by atoms with Gasteiger partial charge in [0, 0.05) is 40.5 Å². The first-order valence-electron chi connectivity index (χ1n) is 16.3. The van der Waals surface area contributed by atoms with Crippen molar-refractivity contribution >= 4 is 17.3 Å². The highest BCUT2D eigenvalue weighted by Gasteiger charge is 2.42. The van der Waals surface area contributed by atoms with Gasteiger partial charge in [-0.1, -0.05) is 121 Å². The molecule has 4 aromatic carbocycles. The summed E-state index contributed by atoms with van der Waals surface area (Å²) in [6, 6.07) is 36.4. The van der Waals surface area contributed by atoms with Gasteiger partial charge in [0.1, 0.15) is 0 Å². The molecule has 1 aliphatic heterocycles. The van der Waals surface area contributed by atoms with Gasteiger partial charge in [-0.2, -0.15) is 0 Å². The smallest absolute Gasteiger partial charge is 0.0722 e. The molecule has 214 valence electrons. The van der Waals surface area contributed by atoms with Crippen LogP contribution in [0.3, 0.4) is 0 Å². The predicted molar refractivity (Wildman–Crippen MR) is 185 cm³/mol. The molecule has 0 bridgehead atoms. The Balaban J connectivity index is 1.03. The molecule has 10 rings (SSSR count). The van der Waals surface area contributed by atoms with Crippen LogP contribution in [0.2, 0.25) is 0 Å². The van der Waals surface area contributed by atoms with Gasteiger partial charge in [0.2, 0.25) is 0 Å². The monoisotopic (exact) mass is 576 g/mol. The second-order valence-corrected chi connectivity index (χ2v) is 12.9. The third-order valence-corrected chi connectivity index (χ3v) is 10.7. The van der Waals surface area contributed by atoms with E-state index in [2.05, 4.69) is 145 Å². The van der Waals surface area contributed by atoms with Crippen molar-refractivity contribution in [1.82, 2.24) is 4.98 Å². The lowest BCUT2D eigenvalue weighted by atomic mass is 9.80. The Kier molecular flexibility index (Phi) is 5.39. The van der Waals surface area contributed by atoms with E-state index >= 15 is 0 Å². The Morgan fingerprint density at radius 2 is 1.53 bits per heavy atom.